The minimum absolute atomic E-state index is 0.148. The van der Waals surface area contributed by atoms with Crippen LogP contribution in [0.3, 0.4) is 0 Å². The minimum atomic E-state index is -1.53. The summed E-state index contributed by atoms with van der Waals surface area (Å²) in [6.45, 7) is 1.80. The van der Waals surface area contributed by atoms with E-state index in [1.165, 1.54) is 6.92 Å². The number of carbonyl (C=O) groups excluding carboxylic acids is 2. The monoisotopic (exact) mass is 356 g/mol. The van der Waals surface area contributed by atoms with E-state index in [0.717, 1.165) is 11.1 Å². The van der Waals surface area contributed by atoms with Gasteiger partial charge in [-0.15, -0.1) is 0 Å². The van der Waals surface area contributed by atoms with Crippen molar-refractivity contribution in [2.45, 2.75) is 25.9 Å². The predicted octanol–water partition coefficient (Wildman–Crippen LogP) is 2.56. The Morgan fingerprint density at radius 2 is 1.23 bits per heavy atom. The maximum Gasteiger partial charge on any atom is 0.335 e. The lowest BCUT2D eigenvalue weighted by atomic mass is 10.1. The summed E-state index contributed by atoms with van der Waals surface area (Å²) in [6.07, 6.45) is -0.401. The lowest BCUT2D eigenvalue weighted by molar-refractivity contribution is -0.165. The maximum absolute atomic E-state index is 12.0. The minimum Gasteiger partial charge on any atom is -0.465 e. The summed E-state index contributed by atoms with van der Waals surface area (Å²) in [5, 5.41) is 9.99. The Labute approximate surface area is 153 Å². The number of hydrogen-bond acceptors (Lipinski definition) is 5. The number of esters is 2. The van der Waals surface area contributed by atoms with Crippen molar-refractivity contribution in [2.75, 3.05) is 13.2 Å². The summed E-state index contributed by atoms with van der Waals surface area (Å²) in [5.41, 5.74) is 2.08. The Morgan fingerprint density at radius 3 is 1.69 bits per heavy atom. The van der Waals surface area contributed by atoms with Gasteiger partial charge >= 0.3 is 11.9 Å². The first-order valence-corrected chi connectivity index (χ1v) is 8.67. The molecule has 0 heterocycles. The molecule has 0 saturated heterocycles. The van der Waals surface area contributed by atoms with E-state index in [1.54, 1.807) is 0 Å². The molecule has 0 aliphatic rings. The first kappa shape index (κ1) is 19.7. The van der Waals surface area contributed by atoms with Crippen LogP contribution < -0.4 is 0 Å². The molecule has 2 aromatic rings. The van der Waals surface area contributed by atoms with Gasteiger partial charge in [0.2, 0.25) is 0 Å². The number of carbonyl (C=O) groups is 2. The van der Waals surface area contributed by atoms with Crippen molar-refractivity contribution in [3.63, 3.8) is 0 Å². The van der Waals surface area contributed by atoms with E-state index < -0.39 is 24.0 Å². The Hall–Kier alpha value is -2.66. The molecule has 2 rings (SSSR count). The SMILES string of the molecule is C[C@@H](C(=O)OCCc1ccccc1)[C@@H](O)C(=O)OCCc1ccccc1. The van der Waals surface area contributed by atoms with E-state index in [4.69, 9.17) is 9.47 Å². The lowest BCUT2D eigenvalue weighted by Crippen LogP contribution is -2.35. The van der Waals surface area contributed by atoms with E-state index in [1.807, 2.05) is 60.7 Å². The molecule has 2 atom stereocenters. The van der Waals surface area contributed by atoms with Gasteiger partial charge in [-0.1, -0.05) is 60.7 Å². The molecular weight excluding hydrogens is 332 g/mol. The van der Waals surface area contributed by atoms with Crippen molar-refractivity contribution in [3.8, 4) is 0 Å². The van der Waals surface area contributed by atoms with E-state index in [9.17, 15) is 14.7 Å². The summed E-state index contributed by atoms with van der Waals surface area (Å²) >= 11 is 0. The van der Waals surface area contributed by atoms with Crippen molar-refractivity contribution >= 4 is 11.9 Å². The van der Waals surface area contributed by atoms with Gasteiger partial charge in [0.15, 0.2) is 6.10 Å². The highest BCUT2D eigenvalue weighted by molar-refractivity contribution is 5.83. The van der Waals surface area contributed by atoms with Crippen LogP contribution in [0.4, 0.5) is 0 Å². The molecule has 0 aromatic heterocycles. The summed E-state index contributed by atoms with van der Waals surface area (Å²) < 4.78 is 10.2. The average molecular weight is 356 g/mol. The van der Waals surface area contributed by atoms with Gasteiger partial charge in [0, 0.05) is 12.8 Å². The van der Waals surface area contributed by atoms with Crippen molar-refractivity contribution < 1.29 is 24.2 Å². The van der Waals surface area contributed by atoms with Crippen molar-refractivity contribution in [1.29, 1.82) is 0 Å². The van der Waals surface area contributed by atoms with Crippen LogP contribution in [-0.4, -0.2) is 36.4 Å². The fraction of sp³-hybridized carbons (Fsp3) is 0.333. The van der Waals surface area contributed by atoms with Gasteiger partial charge < -0.3 is 14.6 Å². The third kappa shape index (κ3) is 6.33. The number of benzene rings is 2. The van der Waals surface area contributed by atoms with Crippen LogP contribution in [0.1, 0.15) is 18.1 Å². The molecule has 0 saturated carbocycles. The zero-order chi connectivity index (χ0) is 18.8. The van der Waals surface area contributed by atoms with Crippen molar-refractivity contribution in [1.82, 2.24) is 0 Å². The molecule has 0 aliphatic heterocycles. The van der Waals surface area contributed by atoms with Gasteiger partial charge in [-0.3, -0.25) is 4.79 Å². The fourth-order valence-corrected chi connectivity index (χ4v) is 2.38. The molecule has 5 heteroatoms. The van der Waals surface area contributed by atoms with Crippen LogP contribution in [0.2, 0.25) is 0 Å². The number of aliphatic hydroxyl groups is 1. The van der Waals surface area contributed by atoms with Gasteiger partial charge in [-0.05, 0) is 18.1 Å². The first-order chi connectivity index (χ1) is 12.6. The van der Waals surface area contributed by atoms with Crippen molar-refractivity contribution in [2.24, 2.45) is 5.92 Å². The van der Waals surface area contributed by atoms with Gasteiger partial charge in [-0.2, -0.15) is 0 Å². The summed E-state index contributed by atoms with van der Waals surface area (Å²) in [6, 6.07) is 19.2. The zero-order valence-electron chi connectivity index (χ0n) is 14.8. The highest BCUT2D eigenvalue weighted by atomic mass is 16.6. The number of rotatable bonds is 9. The Balaban J connectivity index is 1.69. The maximum atomic E-state index is 12.0. The normalized spacial score (nSPS) is 12.8. The summed E-state index contributed by atoms with van der Waals surface area (Å²) in [4.78, 5) is 23.9. The third-order valence-electron chi connectivity index (χ3n) is 4.04. The van der Waals surface area contributed by atoms with Crippen LogP contribution in [0.15, 0.2) is 60.7 Å². The van der Waals surface area contributed by atoms with Crippen LogP contribution >= 0.6 is 0 Å². The number of ether oxygens (including phenoxy) is 2. The molecule has 0 radical (unpaired) electrons. The second kappa shape index (κ2) is 10.4. The highest BCUT2D eigenvalue weighted by Gasteiger charge is 2.30. The van der Waals surface area contributed by atoms with E-state index in [-0.39, 0.29) is 13.2 Å². The topological polar surface area (TPSA) is 72.8 Å². The van der Waals surface area contributed by atoms with Crippen LogP contribution in [0, 0.1) is 5.92 Å². The Bertz CT molecular complexity index is 623. The molecule has 2 aromatic carbocycles. The molecular formula is C21H24O5. The lowest BCUT2D eigenvalue weighted by Gasteiger charge is -2.17. The number of hydrogen-bond donors (Lipinski definition) is 1. The van der Waals surface area contributed by atoms with E-state index in [0.29, 0.717) is 12.8 Å². The van der Waals surface area contributed by atoms with Gasteiger partial charge in [-0.25, -0.2) is 4.79 Å². The van der Waals surface area contributed by atoms with Crippen LogP contribution in [0.25, 0.3) is 0 Å². The summed E-state index contributed by atoms with van der Waals surface area (Å²) in [5.74, 6) is -2.41. The molecule has 0 amide bonds. The van der Waals surface area contributed by atoms with Crippen LogP contribution in [0.5, 0.6) is 0 Å². The number of aliphatic hydroxyl groups excluding tert-OH is 1. The molecule has 26 heavy (non-hydrogen) atoms. The summed E-state index contributed by atoms with van der Waals surface area (Å²) in [7, 11) is 0. The molecule has 0 unspecified atom stereocenters. The zero-order valence-corrected chi connectivity index (χ0v) is 14.8. The first-order valence-electron chi connectivity index (χ1n) is 8.67. The predicted molar refractivity (Wildman–Crippen MR) is 97.4 cm³/mol. The molecule has 5 nitrogen and oxygen atoms in total. The van der Waals surface area contributed by atoms with E-state index >= 15 is 0 Å². The standard InChI is InChI=1S/C21H24O5/c1-16(20(23)25-14-12-17-8-4-2-5-9-17)19(22)21(24)26-15-13-18-10-6-3-7-11-18/h2-11,16,19,22H,12-15H2,1H3/t16-,19-/m1/s1. The molecule has 0 fully saturated rings. The van der Waals surface area contributed by atoms with Gasteiger partial charge in [0.1, 0.15) is 0 Å². The Kier molecular flexibility index (Phi) is 7.83. The molecule has 1 N–H and O–H groups in total. The Morgan fingerprint density at radius 1 is 0.808 bits per heavy atom. The second-order valence-corrected chi connectivity index (χ2v) is 6.04. The molecule has 0 bridgehead atoms. The molecule has 0 spiro atoms. The molecule has 0 aliphatic carbocycles. The average Bonchev–Trinajstić information content (AvgIpc) is 2.68. The quantitative estimate of drug-likeness (QED) is 0.699. The largest absolute Gasteiger partial charge is 0.465 e. The highest BCUT2D eigenvalue weighted by Crippen LogP contribution is 2.09. The van der Waals surface area contributed by atoms with Gasteiger partial charge in [0.25, 0.3) is 0 Å². The van der Waals surface area contributed by atoms with E-state index in [2.05, 4.69) is 0 Å². The fourth-order valence-electron chi connectivity index (χ4n) is 2.38. The smallest absolute Gasteiger partial charge is 0.335 e. The van der Waals surface area contributed by atoms with Crippen LogP contribution in [-0.2, 0) is 31.9 Å². The molecule has 138 valence electrons. The second-order valence-electron chi connectivity index (χ2n) is 6.04. The third-order valence-corrected chi connectivity index (χ3v) is 4.04. The van der Waals surface area contributed by atoms with Gasteiger partial charge in [0.05, 0.1) is 19.1 Å². The van der Waals surface area contributed by atoms with Crippen molar-refractivity contribution in [3.05, 3.63) is 71.8 Å².